The van der Waals surface area contributed by atoms with Crippen molar-refractivity contribution in [3.63, 3.8) is 0 Å². The fraction of sp³-hybridized carbons (Fsp3) is 0.615. The molecule has 1 saturated heterocycles. The van der Waals surface area contributed by atoms with Gasteiger partial charge in [-0.05, 0) is 19.1 Å². The van der Waals surface area contributed by atoms with Crippen molar-refractivity contribution in [2.24, 2.45) is 0 Å². The van der Waals surface area contributed by atoms with Crippen molar-refractivity contribution in [3.05, 3.63) is 16.1 Å². The zero-order valence-corrected chi connectivity index (χ0v) is 13.3. The predicted molar refractivity (Wildman–Crippen MR) is 81.4 cm³/mol. The molecule has 2 heterocycles. The van der Waals surface area contributed by atoms with Gasteiger partial charge < -0.3 is 5.32 Å². The third kappa shape index (κ3) is 3.12. The van der Waals surface area contributed by atoms with Crippen LogP contribution in [0.25, 0.3) is 0 Å². The first kappa shape index (κ1) is 14.4. The second-order valence-corrected chi connectivity index (χ2v) is 7.12. The lowest BCUT2D eigenvalue weighted by Crippen LogP contribution is -2.32. The normalized spacial score (nSPS) is 20.0. The number of rotatable bonds is 3. The Labute approximate surface area is 123 Å². The van der Waals surface area contributed by atoms with Crippen molar-refractivity contribution >= 4 is 34.6 Å². The summed E-state index contributed by atoms with van der Waals surface area (Å²) in [5.74, 6) is 0.0533. The molecule has 0 saturated carbocycles. The van der Waals surface area contributed by atoms with Crippen molar-refractivity contribution in [3.8, 4) is 0 Å². The summed E-state index contributed by atoms with van der Waals surface area (Å²) in [6.45, 7) is 8.88. The summed E-state index contributed by atoms with van der Waals surface area (Å²) in [6.07, 6.45) is 0.751. The monoisotopic (exact) mass is 297 g/mol. The van der Waals surface area contributed by atoms with E-state index in [9.17, 15) is 4.79 Å². The molecular formula is C13H19N3OS2. The molecule has 104 valence electrons. The van der Waals surface area contributed by atoms with E-state index in [2.05, 4.69) is 36.5 Å². The molecule has 0 aromatic carbocycles. The molecule has 0 aliphatic carbocycles. The first-order valence-corrected chi connectivity index (χ1v) is 7.64. The SMILES string of the molecule is C[C@H]1NC(=S)N(CCc2nc(C(C)(C)C)cs2)C1=O. The zero-order chi connectivity index (χ0) is 14.2. The predicted octanol–water partition coefficient (Wildman–Crippen LogP) is 2.09. The molecule has 2 rings (SSSR count). The summed E-state index contributed by atoms with van der Waals surface area (Å²) in [4.78, 5) is 18.1. The van der Waals surface area contributed by atoms with Crippen LogP contribution in [0, 0.1) is 0 Å². The van der Waals surface area contributed by atoms with E-state index >= 15 is 0 Å². The van der Waals surface area contributed by atoms with Gasteiger partial charge in [-0.15, -0.1) is 11.3 Å². The lowest BCUT2D eigenvalue weighted by molar-refractivity contribution is -0.126. The summed E-state index contributed by atoms with van der Waals surface area (Å²) in [6, 6.07) is -0.200. The number of aromatic nitrogens is 1. The first-order valence-electron chi connectivity index (χ1n) is 6.36. The Morgan fingerprint density at radius 3 is 2.68 bits per heavy atom. The Kier molecular flexibility index (Phi) is 3.92. The quantitative estimate of drug-likeness (QED) is 0.868. The van der Waals surface area contributed by atoms with E-state index in [0.29, 0.717) is 11.7 Å². The fourth-order valence-electron chi connectivity index (χ4n) is 1.85. The van der Waals surface area contributed by atoms with Gasteiger partial charge in [-0.25, -0.2) is 4.98 Å². The highest BCUT2D eigenvalue weighted by Crippen LogP contribution is 2.24. The van der Waals surface area contributed by atoms with E-state index in [0.717, 1.165) is 17.1 Å². The number of thiazole rings is 1. The van der Waals surface area contributed by atoms with E-state index in [1.807, 2.05) is 6.92 Å². The van der Waals surface area contributed by atoms with E-state index < -0.39 is 0 Å². The number of carbonyl (C=O) groups excluding carboxylic acids is 1. The maximum atomic E-state index is 11.9. The molecule has 1 aromatic heterocycles. The van der Waals surface area contributed by atoms with Gasteiger partial charge in [0, 0.05) is 23.8 Å². The van der Waals surface area contributed by atoms with Gasteiger partial charge >= 0.3 is 0 Å². The third-order valence-corrected chi connectivity index (χ3v) is 4.34. The summed E-state index contributed by atoms with van der Waals surface area (Å²) < 4.78 is 0. The maximum absolute atomic E-state index is 11.9. The van der Waals surface area contributed by atoms with E-state index in [1.165, 1.54) is 0 Å². The molecule has 1 aliphatic heterocycles. The van der Waals surface area contributed by atoms with Crippen LogP contribution in [0.3, 0.4) is 0 Å². The topological polar surface area (TPSA) is 45.2 Å². The molecule has 0 unspecified atom stereocenters. The van der Waals surface area contributed by atoms with Gasteiger partial charge in [0.2, 0.25) is 0 Å². The average Bonchev–Trinajstić information content (AvgIpc) is 2.84. The Hall–Kier alpha value is -1.01. The van der Waals surface area contributed by atoms with E-state index in [4.69, 9.17) is 12.2 Å². The Balaban J connectivity index is 1.98. The molecule has 19 heavy (non-hydrogen) atoms. The van der Waals surface area contributed by atoms with Crippen LogP contribution < -0.4 is 5.32 Å². The number of hydrogen-bond donors (Lipinski definition) is 1. The number of nitrogens with zero attached hydrogens (tertiary/aromatic N) is 2. The van der Waals surface area contributed by atoms with Gasteiger partial charge in [-0.1, -0.05) is 20.8 Å². The molecule has 1 N–H and O–H groups in total. The van der Waals surface area contributed by atoms with Crippen molar-refractivity contribution < 1.29 is 4.79 Å². The Bertz CT molecular complexity index is 504. The second kappa shape index (κ2) is 5.17. The lowest BCUT2D eigenvalue weighted by atomic mass is 9.93. The lowest BCUT2D eigenvalue weighted by Gasteiger charge is -2.15. The number of amides is 1. The summed E-state index contributed by atoms with van der Waals surface area (Å²) in [7, 11) is 0. The highest BCUT2D eigenvalue weighted by Gasteiger charge is 2.31. The number of thiocarbonyl (C=S) groups is 1. The van der Waals surface area contributed by atoms with Crippen LogP contribution in [-0.2, 0) is 16.6 Å². The first-order chi connectivity index (χ1) is 8.79. The summed E-state index contributed by atoms with van der Waals surface area (Å²) >= 11 is 6.80. The molecule has 6 heteroatoms. The van der Waals surface area contributed by atoms with Gasteiger partial charge in [-0.2, -0.15) is 0 Å². The van der Waals surface area contributed by atoms with Crippen molar-refractivity contribution in [2.45, 2.75) is 45.6 Å². The van der Waals surface area contributed by atoms with Crippen LogP contribution in [0.1, 0.15) is 38.4 Å². The second-order valence-electron chi connectivity index (χ2n) is 5.79. The Morgan fingerprint density at radius 1 is 1.53 bits per heavy atom. The summed E-state index contributed by atoms with van der Waals surface area (Å²) in [5.41, 5.74) is 1.18. The van der Waals surface area contributed by atoms with Crippen LogP contribution in [-0.4, -0.2) is 33.5 Å². The number of carbonyl (C=O) groups is 1. The van der Waals surface area contributed by atoms with Crippen LogP contribution in [0.5, 0.6) is 0 Å². The average molecular weight is 297 g/mol. The zero-order valence-electron chi connectivity index (χ0n) is 11.7. The molecule has 0 bridgehead atoms. The molecule has 1 atom stereocenters. The highest BCUT2D eigenvalue weighted by molar-refractivity contribution is 7.80. The molecular weight excluding hydrogens is 278 g/mol. The summed E-state index contributed by atoms with van der Waals surface area (Å²) in [5, 5.41) is 6.66. The van der Waals surface area contributed by atoms with Crippen molar-refractivity contribution in [2.75, 3.05) is 6.54 Å². The minimum atomic E-state index is -0.200. The maximum Gasteiger partial charge on any atom is 0.251 e. The third-order valence-electron chi connectivity index (χ3n) is 3.09. The van der Waals surface area contributed by atoms with Crippen LogP contribution in [0.2, 0.25) is 0 Å². The minimum Gasteiger partial charge on any atom is -0.351 e. The van der Waals surface area contributed by atoms with Crippen molar-refractivity contribution in [1.29, 1.82) is 0 Å². The largest absolute Gasteiger partial charge is 0.351 e. The molecule has 1 amide bonds. The smallest absolute Gasteiger partial charge is 0.251 e. The van der Waals surface area contributed by atoms with Crippen LogP contribution in [0.4, 0.5) is 0 Å². The van der Waals surface area contributed by atoms with Gasteiger partial charge in [0.15, 0.2) is 5.11 Å². The molecule has 4 nitrogen and oxygen atoms in total. The van der Waals surface area contributed by atoms with Gasteiger partial charge in [0.05, 0.1) is 10.7 Å². The Morgan fingerprint density at radius 2 is 2.21 bits per heavy atom. The van der Waals surface area contributed by atoms with Crippen LogP contribution in [0.15, 0.2) is 5.38 Å². The van der Waals surface area contributed by atoms with E-state index in [1.54, 1.807) is 16.2 Å². The van der Waals surface area contributed by atoms with Gasteiger partial charge in [0.25, 0.3) is 5.91 Å². The number of nitrogens with one attached hydrogen (secondary N) is 1. The molecule has 1 fully saturated rings. The molecule has 1 aromatic rings. The van der Waals surface area contributed by atoms with Crippen molar-refractivity contribution in [1.82, 2.24) is 15.2 Å². The van der Waals surface area contributed by atoms with Gasteiger partial charge in [0.1, 0.15) is 6.04 Å². The highest BCUT2D eigenvalue weighted by atomic mass is 32.1. The minimum absolute atomic E-state index is 0.0533. The number of hydrogen-bond acceptors (Lipinski definition) is 4. The molecule has 1 aliphatic rings. The van der Waals surface area contributed by atoms with Gasteiger partial charge in [-0.3, -0.25) is 9.69 Å². The standard InChI is InChI=1S/C13H19N3OS2/c1-8-11(17)16(12(18)14-8)6-5-10-15-9(7-19-10)13(2,3)4/h7-8H,5-6H2,1-4H3,(H,14,18)/t8-/m1/s1. The molecule has 0 radical (unpaired) electrons. The van der Waals surface area contributed by atoms with E-state index in [-0.39, 0.29) is 17.4 Å². The fourth-order valence-corrected chi connectivity index (χ4v) is 3.22. The molecule has 0 spiro atoms. The van der Waals surface area contributed by atoms with Crippen LogP contribution >= 0.6 is 23.6 Å².